The molecule has 0 spiro atoms. The van der Waals surface area contributed by atoms with Gasteiger partial charge in [-0.05, 0) is 13.0 Å². The number of hydrogen-bond donors (Lipinski definition) is 0. The maximum Gasteiger partial charge on any atom is 0.316 e. The van der Waals surface area contributed by atoms with Gasteiger partial charge in [-0.2, -0.15) is 5.26 Å². The molecule has 1 rings (SSSR count). The van der Waals surface area contributed by atoms with Gasteiger partial charge in [0.25, 0.3) is 0 Å². The van der Waals surface area contributed by atoms with Gasteiger partial charge in [-0.15, -0.1) is 0 Å². The zero-order chi connectivity index (χ0) is 9.68. The summed E-state index contributed by atoms with van der Waals surface area (Å²) in [7, 11) is 0. The van der Waals surface area contributed by atoms with E-state index in [0.717, 1.165) is 0 Å². The van der Waals surface area contributed by atoms with Crippen molar-refractivity contribution in [2.24, 2.45) is 10.9 Å². The predicted molar refractivity (Wildman–Crippen MR) is 47.2 cm³/mol. The normalized spacial score (nSPS) is 25.2. The Hall–Kier alpha value is -1.63. The highest BCUT2D eigenvalue weighted by molar-refractivity contribution is 5.81. The number of nitriles is 1. The van der Waals surface area contributed by atoms with Crippen LogP contribution in [0.15, 0.2) is 17.1 Å². The third-order valence-corrected chi connectivity index (χ3v) is 1.68. The van der Waals surface area contributed by atoms with Crippen LogP contribution in [0.1, 0.15) is 6.92 Å². The van der Waals surface area contributed by atoms with E-state index in [9.17, 15) is 4.79 Å². The standard InChI is InChI=1S/C9H10N2O2/c1-2-13-9(12)7-4-3-5-11-8(7)6-10/h3-5,7-8H,2H2,1H3. The van der Waals surface area contributed by atoms with Gasteiger partial charge in [-0.25, -0.2) is 0 Å². The van der Waals surface area contributed by atoms with Gasteiger partial charge < -0.3 is 4.74 Å². The number of nitrogens with zero attached hydrogens (tertiary/aromatic N) is 2. The van der Waals surface area contributed by atoms with Crippen molar-refractivity contribution in [3.63, 3.8) is 0 Å². The van der Waals surface area contributed by atoms with E-state index in [1.807, 2.05) is 6.07 Å². The topological polar surface area (TPSA) is 62.4 Å². The maximum absolute atomic E-state index is 11.3. The van der Waals surface area contributed by atoms with Crippen LogP contribution in [-0.2, 0) is 9.53 Å². The Kier molecular flexibility index (Phi) is 3.21. The Morgan fingerprint density at radius 3 is 3.15 bits per heavy atom. The molecule has 0 N–H and O–H groups in total. The number of dihydropyridines is 1. The number of carbonyl (C=O) groups excluding carboxylic acids is 1. The van der Waals surface area contributed by atoms with Crippen LogP contribution in [0.2, 0.25) is 0 Å². The molecule has 2 atom stereocenters. The van der Waals surface area contributed by atoms with Crippen molar-refractivity contribution in [1.29, 1.82) is 5.26 Å². The van der Waals surface area contributed by atoms with E-state index in [1.165, 1.54) is 6.21 Å². The number of esters is 1. The van der Waals surface area contributed by atoms with Crippen molar-refractivity contribution in [3.8, 4) is 6.07 Å². The molecule has 4 heteroatoms. The molecule has 0 fully saturated rings. The molecule has 0 aliphatic carbocycles. The first-order chi connectivity index (χ1) is 6.29. The van der Waals surface area contributed by atoms with Gasteiger partial charge in [0.05, 0.1) is 12.7 Å². The number of allylic oxidation sites excluding steroid dienone is 1. The summed E-state index contributed by atoms with van der Waals surface area (Å²) in [6.45, 7) is 2.06. The maximum atomic E-state index is 11.3. The molecule has 0 bridgehead atoms. The van der Waals surface area contributed by atoms with E-state index < -0.39 is 12.0 Å². The number of hydrogen-bond acceptors (Lipinski definition) is 4. The first-order valence-electron chi connectivity index (χ1n) is 4.05. The Morgan fingerprint density at radius 2 is 2.54 bits per heavy atom. The number of ether oxygens (including phenoxy) is 1. The largest absolute Gasteiger partial charge is 0.465 e. The second kappa shape index (κ2) is 4.41. The zero-order valence-electron chi connectivity index (χ0n) is 7.30. The second-order valence-electron chi connectivity index (χ2n) is 2.53. The van der Waals surface area contributed by atoms with Gasteiger partial charge >= 0.3 is 5.97 Å². The molecule has 1 heterocycles. The van der Waals surface area contributed by atoms with Gasteiger partial charge in [0.1, 0.15) is 5.92 Å². The number of aliphatic imine (C=N–C) groups is 1. The summed E-state index contributed by atoms with van der Waals surface area (Å²) >= 11 is 0. The van der Waals surface area contributed by atoms with E-state index in [2.05, 4.69) is 4.99 Å². The van der Waals surface area contributed by atoms with E-state index in [-0.39, 0.29) is 5.97 Å². The molecule has 1 aliphatic rings. The fourth-order valence-corrected chi connectivity index (χ4v) is 1.07. The SMILES string of the molecule is CCOC(=O)C1C=CC=NC1C#N. The third kappa shape index (κ3) is 2.15. The highest BCUT2D eigenvalue weighted by atomic mass is 16.5. The van der Waals surface area contributed by atoms with Gasteiger partial charge in [0.15, 0.2) is 6.04 Å². The Bertz CT molecular complexity index is 288. The molecule has 13 heavy (non-hydrogen) atoms. The molecule has 0 aromatic rings. The molecular weight excluding hydrogens is 168 g/mol. The third-order valence-electron chi connectivity index (χ3n) is 1.68. The van der Waals surface area contributed by atoms with Crippen LogP contribution in [0.3, 0.4) is 0 Å². The number of rotatable bonds is 2. The van der Waals surface area contributed by atoms with Crippen molar-refractivity contribution < 1.29 is 9.53 Å². The number of carbonyl (C=O) groups is 1. The smallest absolute Gasteiger partial charge is 0.316 e. The minimum Gasteiger partial charge on any atom is -0.465 e. The molecule has 0 aromatic heterocycles. The fraction of sp³-hybridized carbons (Fsp3) is 0.444. The van der Waals surface area contributed by atoms with Crippen molar-refractivity contribution in [3.05, 3.63) is 12.2 Å². The highest BCUT2D eigenvalue weighted by Gasteiger charge is 2.27. The molecule has 2 unspecified atom stereocenters. The lowest BCUT2D eigenvalue weighted by Crippen LogP contribution is -2.27. The summed E-state index contributed by atoms with van der Waals surface area (Å²) in [5.41, 5.74) is 0. The quantitative estimate of drug-likeness (QED) is 0.584. The summed E-state index contributed by atoms with van der Waals surface area (Å²) in [5.74, 6) is -0.933. The molecule has 0 aromatic carbocycles. The minimum absolute atomic E-state index is 0.324. The van der Waals surface area contributed by atoms with Crippen molar-refractivity contribution in [2.75, 3.05) is 6.61 Å². The Balaban J connectivity index is 2.68. The highest BCUT2D eigenvalue weighted by Crippen LogP contribution is 2.14. The first kappa shape index (κ1) is 9.46. The van der Waals surface area contributed by atoms with Gasteiger partial charge in [0.2, 0.25) is 0 Å². The fourth-order valence-electron chi connectivity index (χ4n) is 1.07. The summed E-state index contributed by atoms with van der Waals surface area (Å²) in [5, 5.41) is 8.67. The van der Waals surface area contributed by atoms with E-state index in [0.29, 0.717) is 6.61 Å². The summed E-state index contributed by atoms with van der Waals surface area (Å²) in [6.07, 6.45) is 4.80. The van der Waals surface area contributed by atoms with Crippen LogP contribution in [0.4, 0.5) is 0 Å². The Morgan fingerprint density at radius 1 is 1.77 bits per heavy atom. The predicted octanol–water partition coefficient (Wildman–Crippen LogP) is 0.698. The average Bonchev–Trinajstić information content (AvgIpc) is 2.18. The first-order valence-corrected chi connectivity index (χ1v) is 4.05. The zero-order valence-corrected chi connectivity index (χ0v) is 7.30. The molecule has 4 nitrogen and oxygen atoms in total. The van der Waals surface area contributed by atoms with Crippen molar-refractivity contribution in [2.45, 2.75) is 13.0 Å². The van der Waals surface area contributed by atoms with Crippen LogP contribution < -0.4 is 0 Å². The second-order valence-corrected chi connectivity index (χ2v) is 2.53. The lowest BCUT2D eigenvalue weighted by atomic mass is 9.99. The molecule has 68 valence electrons. The van der Waals surface area contributed by atoms with Crippen LogP contribution in [-0.4, -0.2) is 24.8 Å². The summed E-state index contributed by atoms with van der Waals surface area (Å²) in [4.78, 5) is 15.1. The molecule has 0 saturated heterocycles. The monoisotopic (exact) mass is 178 g/mol. The van der Waals surface area contributed by atoms with Crippen molar-refractivity contribution in [1.82, 2.24) is 0 Å². The lowest BCUT2D eigenvalue weighted by Gasteiger charge is -2.15. The molecular formula is C9H10N2O2. The molecule has 1 aliphatic heterocycles. The van der Waals surface area contributed by atoms with E-state index >= 15 is 0 Å². The van der Waals surface area contributed by atoms with Crippen molar-refractivity contribution >= 4 is 12.2 Å². The molecule has 0 amide bonds. The van der Waals surface area contributed by atoms with Gasteiger partial charge in [-0.1, -0.05) is 6.08 Å². The van der Waals surface area contributed by atoms with Crippen LogP contribution >= 0.6 is 0 Å². The van der Waals surface area contributed by atoms with E-state index in [1.54, 1.807) is 19.1 Å². The van der Waals surface area contributed by atoms with Crippen LogP contribution in [0.5, 0.6) is 0 Å². The summed E-state index contributed by atoms with van der Waals surface area (Å²) < 4.78 is 4.80. The van der Waals surface area contributed by atoms with Crippen LogP contribution in [0, 0.1) is 17.2 Å². The molecule has 0 radical (unpaired) electrons. The summed E-state index contributed by atoms with van der Waals surface area (Å²) in [6, 6.07) is 1.31. The minimum atomic E-state index is -0.635. The van der Waals surface area contributed by atoms with Gasteiger partial charge in [-0.3, -0.25) is 9.79 Å². The van der Waals surface area contributed by atoms with E-state index in [4.69, 9.17) is 10.00 Å². The van der Waals surface area contributed by atoms with Gasteiger partial charge in [0, 0.05) is 6.21 Å². The lowest BCUT2D eigenvalue weighted by molar-refractivity contribution is -0.146. The average molecular weight is 178 g/mol. The van der Waals surface area contributed by atoms with Crippen LogP contribution in [0.25, 0.3) is 0 Å². The molecule has 0 saturated carbocycles. The Labute approximate surface area is 76.5 Å².